The van der Waals surface area contributed by atoms with Gasteiger partial charge in [0, 0.05) is 19.0 Å². The molecule has 1 aliphatic heterocycles. The molecular weight excluding hydrogens is 312 g/mol. The summed E-state index contributed by atoms with van der Waals surface area (Å²) in [5.74, 6) is 2.38. The Kier molecular flexibility index (Phi) is 4.25. The Morgan fingerprint density at radius 2 is 2.26 bits per heavy atom. The number of amides is 1. The second kappa shape index (κ2) is 6.19. The van der Waals surface area contributed by atoms with Crippen molar-refractivity contribution < 1.29 is 4.79 Å². The molecule has 122 valence electrons. The molecule has 8 heteroatoms. The highest BCUT2D eigenvalue weighted by molar-refractivity contribution is 7.99. The van der Waals surface area contributed by atoms with Gasteiger partial charge in [-0.05, 0) is 32.1 Å². The van der Waals surface area contributed by atoms with Crippen LogP contribution in [0.1, 0.15) is 20.3 Å². The molecule has 0 bridgehead atoms. The number of carbonyl (C=O) groups excluding carboxylic acids is 1. The Hall–Kier alpha value is -2.09. The van der Waals surface area contributed by atoms with E-state index in [9.17, 15) is 4.79 Å². The maximum absolute atomic E-state index is 12.8. The van der Waals surface area contributed by atoms with Crippen LogP contribution in [0.5, 0.6) is 0 Å². The van der Waals surface area contributed by atoms with E-state index in [1.807, 2.05) is 38.7 Å². The van der Waals surface area contributed by atoms with Crippen LogP contribution in [0, 0.1) is 5.41 Å². The number of aromatic amines is 1. The summed E-state index contributed by atoms with van der Waals surface area (Å²) < 4.78 is 1.69. The van der Waals surface area contributed by atoms with Crippen LogP contribution in [-0.4, -0.2) is 42.6 Å². The van der Waals surface area contributed by atoms with Crippen molar-refractivity contribution >= 4 is 23.5 Å². The fourth-order valence-electron chi connectivity index (χ4n) is 2.61. The van der Waals surface area contributed by atoms with E-state index in [1.165, 1.54) is 5.57 Å². The van der Waals surface area contributed by atoms with Gasteiger partial charge in [-0.2, -0.15) is 27.2 Å². The standard InChI is InChI=1S/C15H20N6OS/c1-15(2,10-5-8-23-9-6-10)14(22)17-13-12(18-20-19-13)11-4-7-16-21(11)3/h4-5,7H,6,8-9H2,1-3H3,(H2,17,18,19,20,22). The highest BCUT2D eigenvalue weighted by Gasteiger charge is 2.33. The Morgan fingerprint density at radius 3 is 2.91 bits per heavy atom. The summed E-state index contributed by atoms with van der Waals surface area (Å²) in [5, 5.41) is 17.8. The quantitative estimate of drug-likeness (QED) is 0.838. The van der Waals surface area contributed by atoms with Crippen LogP contribution in [0.2, 0.25) is 0 Å². The van der Waals surface area contributed by atoms with Crippen molar-refractivity contribution in [2.75, 3.05) is 16.8 Å². The molecule has 2 aromatic heterocycles. The number of nitrogens with one attached hydrogen (secondary N) is 2. The molecule has 3 rings (SSSR count). The van der Waals surface area contributed by atoms with Crippen molar-refractivity contribution in [2.24, 2.45) is 12.5 Å². The Balaban J connectivity index is 1.83. The van der Waals surface area contributed by atoms with Crippen LogP contribution in [0.3, 0.4) is 0 Å². The minimum absolute atomic E-state index is 0.0760. The van der Waals surface area contributed by atoms with Crippen molar-refractivity contribution in [3.8, 4) is 11.4 Å². The van der Waals surface area contributed by atoms with Crippen LogP contribution in [0.15, 0.2) is 23.9 Å². The molecule has 0 radical (unpaired) electrons. The lowest BCUT2D eigenvalue weighted by Crippen LogP contribution is -2.33. The molecule has 0 saturated carbocycles. The van der Waals surface area contributed by atoms with E-state index in [4.69, 9.17) is 0 Å². The predicted octanol–water partition coefficient (Wildman–Crippen LogP) is 2.23. The third kappa shape index (κ3) is 3.03. The number of anilines is 1. The molecule has 23 heavy (non-hydrogen) atoms. The van der Waals surface area contributed by atoms with Crippen molar-refractivity contribution in [3.63, 3.8) is 0 Å². The van der Waals surface area contributed by atoms with Gasteiger partial charge in [0.25, 0.3) is 0 Å². The maximum Gasteiger partial charge on any atom is 0.235 e. The third-order valence-electron chi connectivity index (χ3n) is 4.18. The highest BCUT2D eigenvalue weighted by atomic mass is 32.2. The third-order valence-corrected chi connectivity index (χ3v) is 5.07. The van der Waals surface area contributed by atoms with Crippen molar-refractivity contribution in [3.05, 3.63) is 23.9 Å². The lowest BCUT2D eigenvalue weighted by Gasteiger charge is -2.28. The molecule has 2 N–H and O–H groups in total. The minimum Gasteiger partial charge on any atom is -0.307 e. The van der Waals surface area contributed by atoms with Crippen molar-refractivity contribution in [2.45, 2.75) is 20.3 Å². The molecule has 0 unspecified atom stereocenters. The summed E-state index contributed by atoms with van der Waals surface area (Å²) in [7, 11) is 1.82. The lowest BCUT2D eigenvalue weighted by molar-refractivity contribution is -0.122. The fraction of sp³-hybridized carbons (Fsp3) is 0.467. The number of carbonyl (C=O) groups is 1. The number of hydrogen-bond donors (Lipinski definition) is 2. The molecule has 0 saturated heterocycles. The number of aromatic nitrogens is 5. The monoisotopic (exact) mass is 332 g/mol. The molecule has 1 amide bonds. The maximum atomic E-state index is 12.8. The van der Waals surface area contributed by atoms with Gasteiger partial charge in [0.2, 0.25) is 5.91 Å². The molecule has 0 atom stereocenters. The topological polar surface area (TPSA) is 88.5 Å². The molecule has 0 aliphatic carbocycles. The van der Waals surface area contributed by atoms with Gasteiger partial charge in [-0.3, -0.25) is 9.48 Å². The van der Waals surface area contributed by atoms with Gasteiger partial charge in [0.1, 0.15) is 0 Å². The van der Waals surface area contributed by atoms with Gasteiger partial charge in [-0.25, -0.2) is 0 Å². The molecular formula is C15H20N6OS. The van der Waals surface area contributed by atoms with Crippen molar-refractivity contribution in [1.82, 2.24) is 25.2 Å². The Bertz CT molecular complexity index is 745. The van der Waals surface area contributed by atoms with Gasteiger partial charge in [-0.1, -0.05) is 11.6 Å². The SMILES string of the molecule is Cn1nccc1-c1n[nH]nc1NC(=O)C(C)(C)C1=CCSCC1. The molecule has 3 heterocycles. The molecule has 7 nitrogen and oxygen atoms in total. The van der Waals surface area contributed by atoms with Gasteiger partial charge in [0.05, 0.1) is 11.1 Å². The van der Waals surface area contributed by atoms with E-state index in [1.54, 1.807) is 10.9 Å². The van der Waals surface area contributed by atoms with E-state index in [0.717, 1.165) is 23.6 Å². The van der Waals surface area contributed by atoms with E-state index < -0.39 is 5.41 Å². The van der Waals surface area contributed by atoms with Gasteiger partial charge >= 0.3 is 0 Å². The van der Waals surface area contributed by atoms with Crippen LogP contribution >= 0.6 is 11.8 Å². The lowest BCUT2D eigenvalue weighted by atomic mass is 9.81. The summed E-state index contributed by atoms with van der Waals surface area (Å²) in [6.45, 7) is 3.90. The van der Waals surface area contributed by atoms with Crippen LogP contribution in [0.25, 0.3) is 11.4 Å². The summed E-state index contributed by atoms with van der Waals surface area (Å²) in [6, 6.07) is 1.83. The highest BCUT2D eigenvalue weighted by Crippen LogP contribution is 2.34. The average molecular weight is 332 g/mol. The van der Waals surface area contributed by atoms with Gasteiger partial charge < -0.3 is 5.32 Å². The van der Waals surface area contributed by atoms with Gasteiger partial charge in [0.15, 0.2) is 11.5 Å². The first kappa shape index (κ1) is 15.8. The van der Waals surface area contributed by atoms with E-state index >= 15 is 0 Å². The summed E-state index contributed by atoms with van der Waals surface area (Å²) in [6.07, 6.45) is 4.79. The average Bonchev–Trinajstić information content (AvgIpc) is 3.16. The first-order valence-electron chi connectivity index (χ1n) is 7.48. The predicted molar refractivity (Wildman–Crippen MR) is 91.0 cm³/mol. The largest absolute Gasteiger partial charge is 0.307 e. The molecule has 1 aliphatic rings. The first-order chi connectivity index (χ1) is 11.0. The van der Waals surface area contributed by atoms with Crippen LogP contribution in [0.4, 0.5) is 5.82 Å². The first-order valence-corrected chi connectivity index (χ1v) is 8.63. The second-order valence-electron chi connectivity index (χ2n) is 5.99. The van der Waals surface area contributed by atoms with Gasteiger partial charge in [-0.15, -0.1) is 5.10 Å². The summed E-state index contributed by atoms with van der Waals surface area (Å²) in [5.41, 5.74) is 1.99. The smallest absolute Gasteiger partial charge is 0.235 e. The molecule has 0 fully saturated rings. The van der Waals surface area contributed by atoms with E-state index in [-0.39, 0.29) is 5.91 Å². The number of aryl methyl sites for hydroxylation is 1. The number of H-pyrrole nitrogens is 1. The number of nitrogens with zero attached hydrogens (tertiary/aromatic N) is 4. The zero-order chi connectivity index (χ0) is 16.4. The van der Waals surface area contributed by atoms with E-state index in [2.05, 4.69) is 31.9 Å². The van der Waals surface area contributed by atoms with Crippen LogP contribution in [-0.2, 0) is 11.8 Å². The Morgan fingerprint density at radius 1 is 1.43 bits per heavy atom. The van der Waals surface area contributed by atoms with Crippen LogP contribution < -0.4 is 5.32 Å². The number of thioether (sulfide) groups is 1. The zero-order valence-electron chi connectivity index (χ0n) is 13.5. The zero-order valence-corrected chi connectivity index (χ0v) is 14.3. The Labute approximate surface area is 138 Å². The second-order valence-corrected chi connectivity index (χ2v) is 7.14. The summed E-state index contributed by atoms with van der Waals surface area (Å²) >= 11 is 1.89. The minimum atomic E-state index is -0.566. The molecule has 2 aromatic rings. The normalized spacial score (nSPS) is 15.3. The summed E-state index contributed by atoms with van der Waals surface area (Å²) in [4.78, 5) is 12.8. The van der Waals surface area contributed by atoms with E-state index in [0.29, 0.717) is 11.5 Å². The number of hydrogen-bond acceptors (Lipinski definition) is 5. The molecule has 0 aromatic carbocycles. The number of rotatable bonds is 4. The molecule has 0 spiro atoms. The van der Waals surface area contributed by atoms with Crippen molar-refractivity contribution in [1.29, 1.82) is 0 Å². The fourth-order valence-corrected chi connectivity index (χ4v) is 3.46.